The van der Waals surface area contributed by atoms with Gasteiger partial charge in [-0.2, -0.15) is 0 Å². The second kappa shape index (κ2) is 5.25. The van der Waals surface area contributed by atoms with Gasteiger partial charge in [-0.25, -0.2) is 0 Å². The maximum absolute atomic E-state index is 12.2. The molecule has 0 atom stereocenters. The van der Waals surface area contributed by atoms with Crippen molar-refractivity contribution >= 4 is 61.1 Å². The molecule has 0 spiro atoms. The molecule has 0 N–H and O–H groups in total. The van der Waals surface area contributed by atoms with Crippen LogP contribution >= 0.6 is 45.9 Å². The van der Waals surface area contributed by atoms with E-state index in [0.29, 0.717) is 16.5 Å². The topological polar surface area (TPSA) is 17.1 Å². The highest BCUT2D eigenvalue weighted by Crippen LogP contribution is 2.31. The number of carbonyl (C=O) groups is 1. The van der Waals surface area contributed by atoms with Crippen LogP contribution in [0.15, 0.2) is 35.7 Å². The second-order valence-electron chi connectivity index (χ2n) is 4.10. The van der Waals surface area contributed by atoms with Crippen molar-refractivity contribution in [3.63, 3.8) is 0 Å². The number of fused-ring (bicyclic) bond motifs is 1. The quantitative estimate of drug-likeness (QED) is 0.564. The molecule has 19 heavy (non-hydrogen) atoms. The molecule has 0 radical (unpaired) electrons. The number of ketones is 1. The maximum atomic E-state index is 12.2. The van der Waals surface area contributed by atoms with Gasteiger partial charge in [-0.1, -0.05) is 29.3 Å². The van der Waals surface area contributed by atoms with Crippen LogP contribution in [0, 0.1) is 0 Å². The van der Waals surface area contributed by atoms with Crippen molar-refractivity contribution in [2.45, 2.75) is 6.42 Å². The normalized spacial score (nSPS) is 11.1. The monoisotopic (exact) mass is 326 g/mol. The second-order valence-corrected chi connectivity index (χ2v) is 6.97. The van der Waals surface area contributed by atoms with E-state index < -0.39 is 0 Å². The molecule has 0 bridgehead atoms. The Morgan fingerprint density at radius 1 is 1.11 bits per heavy atom. The summed E-state index contributed by atoms with van der Waals surface area (Å²) in [5, 5.41) is 3.16. The van der Waals surface area contributed by atoms with Gasteiger partial charge < -0.3 is 0 Å². The zero-order valence-electron chi connectivity index (χ0n) is 9.65. The highest BCUT2D eigenvalue weighted by molar-refractivity contribution is 7.27. The van der Waals surface area contributed by atoms with E-state index in [1.807, 2.05) is 17.5 Å². The van der Waals surface area contributed by atoms with Crippen LogP contribution in [0.5, 0.6) is 0 Å². The van der Waals surface area contributed by atoms with E-state index in [9.17, 15) is 4.79 Å². The summed E-state index contributed by atoms with van der Waals surface area (Å²) in [6, 6.07) is 9.22. The summed E-state index contributed by atoms with van der Waals surface area (Å²) in [6.07, 6.45) is 0.309. The summed E-state index contributed by atoms with van der Waals surface area (Å²) >= 11 is 15.1. The van der Waals surface area contributed by atoms with Gasteiger partial charge in [0.25, 0.3) is 0 Å². The van der Waals surface area contributed by atoms with E-state index in [4.69, 9.17) is 23.2 Å². The Balaban J connectivity index is 1.86. The molecule has 96 valence electrons. The zero-order chi connectivity index (χ0) is 13.4. The van der Waals surface area contributed by atoms with Crippen molar-refractivity contribution in [2.24, 2.45) is 0 Å². The number of benzene rings is 1. The first-order valence-electron chi connectivity index (χ1n) is 5.57. The molecule has 5 heteroatoms. The lowest BCUT2D eigenvalue weighted by atomic mass is 10.1. The van der Waals surface area contributed by atoms with Gasteiger partial charge in [0.2, 0.25) is 0 Å². The zero-order valence-corrected chi connectivity index (χ0v) is 12.8. The summed E-state index contributed by atoms with van der Waals surface area (Å²) in [5.74, 6) is 0.0950. The van der Waals surface area contributed by atoms with Gasteiger partial charge in [-0.05, 0) is 35.2 Å². The average molecular weight is 327 g/mol. The van der Waals surface area contributed by atoms with E-state index in [0.717, 1.165) is 19.8 Å². The fraction of sp³-hybridized carbons (Fsp3) is 0.0714. The minimum Gasteiger partial charge on any atom is -0.293 e. The Bertz CT molecular complexity index is 729. The Kier molecular flexibility index (Phi) is 3.63. The molecule has 2 heterocycles. The van der Waals surface area contributed by atoms with Gasteiger partial charge in [0, 0.05) is 25.9 Å². The number of rotatable bonds is 3. The van der Waals surface area contributed by atoms with Crippen LogP contribution in [0.1, 0.15) is 15.2 Å². The lowest BCUT2D eigenvalue weighted by Crippen LogP contribution is -2.01. The van der Waals surface area contributed by atoms with E-state index >= 15 is 0 Å². The van der Waals surface area contributed by atoms with Crippen LogP contribution < -0.4 is 0 Å². The average Bonchev–Trinajstić information content (AvgIpc) is 2.93. The number of Topliss-reactive ketones (excluding diaryl/α,β-unsaturated/α-hetero) is 1. The Labute approximate surface area is 128 Å². The van der Waals surface area contributed by atoms with Crippen molar-refractivity contribution in [3.05, 3.63) is 56.2 Å². The molecule has 0 aliphatic heterocycles. The fourth-order valence-corrected chi connectivity index (χ4v) is 4.35. The van der Waals surface area contributed by atoms with E-state index in [-0.39, 0.29) is 5.78 Å². The van der Waals surface area contributed by atoms with Gasteiger partial charge >= 0.3 is 0 Å². The summed E-state index contributed by atoms with van der Waals surface area (Å²) < 4.78 is 2.33. The fourth-order valence-electron chi connectivity index (χ4n) is 1.83. The van der Waals surface area contributed by atoms with Crippen molar-refractivity contribution in [2.75, 3.05) is 0 Å². The van der Waals surface area contributed by atoms with Crippen molar-refractivity contribution in [1.82, 2.24) is 0 Å². The molecule has 0 amide bonds. The van der Waals surface area contributed by atoms with Crippen LogP contribution in [0.3, 0.4) is 0 Å². The Morgan fingerprint density at radius 3 is 2.68 bits per heavy atom. The molecule has 0 aliphatic rings. The smallest absolute Gasteiger partial charge is 0.177 e. The predicted octanol–water partition coefficient (Wildman–Crippen LogP) is 5.70. The van der Waals surface area contributed by atoms with E-state index in [1.165, 1.54) is 11.3 Å². The lowest BCUT2D eigenvalue weighted by Gasteiger charge is -2.02. The molecular weight excluding hydrogens is 319 g/mol. The Hall–Kier alpha value is -0.870. The summed E-state index contributed by atoms with van der Waals surface area (Å²) in [7, 11) is 0. The van der Waals surface area contributed by atoms with Gasteiger partial charge in [0.15, 0.2) is 5.78 Å². The standard InChI is InChI=1S/C14H8Cl2OS2/c15-9-2-1-8(10(16)6-9)5-11(17)13-7-14-12(19-13)3-4-18-14/h1-4,6-7H,5H2. The third-order valence-corrected chi connectivity index (χ3v) is 5.50. The summed E-state index contributed by atoms with van der Waals surface area (Å²) in [6.45, 7) is 0. The largest absolute Gasteiger partial charge is 0.293 e. The van der Waals surface area contributed by atoms with Crippen LogP contribution in [-0.2, 0) is 6.42 Å². The molecule has 1 aromatic carbocycles. The van der Waals surface area contributed by atoms with Gasteiger partial charge in [0.05, 0.1) is 4.88 Å². The van der Waals surface area contributed by atoms with Crippen molar-refractivity contribution < 1.29 is 4.79 Å². The minimum absolute atomic E-state index is 0.0950. The van der Waals surface area contributed by atoms with Gasteiger partial charge in [-0.15, -0.1) is 22.7 Å². The molecule has 0 saturated carbocycles. The summed E-state index contributed by atoms with van der Waals surface area (Å²) in [4.78, 5) is 13.0. The van der Waals surface area contributed by atoms with Gasteiger partial charge in [-0.3, -0.25) is 4.79 Å². The van der Waals surface area contributed by atoms with Crippen molar-refractivity contribution in [3.8, 4) is 0 Å². The van der Waals surface area contributed by atoms with Crippen LogP contribution in [0.4, 0.5) is 0 Å². The lowest BCUT2D eigenvalue weighted by molar-refractivity contribution is 0.0997. The minimum atomic E-state index is 0.0950. The predicted molar refractivity (Wildman–Crippen MR) is 84.2 cm³/mol. The molecule has 0 aliphatic carbocycles. The van der Waals surface area contributed by atoms with Crippen LogP contribution in [-0.4, -0.2) is 5.78 Å². The molecule has 3 rings (SSSR count). The molecule has 2 aromatic heterocycles. The molecule has 3 aromatic rings. The number of hydrogen-bond acceptors (Lipinski definition) is 3. The molecule has 0 fully saturated rings. The highest BCUT2D eigenvalue weighted by Gasteiger charge is 2.13. The third kappa shape index (κ3) is 2.70. The molecule has 0 saturated heterocycles. The van der Waals surface area contributed by atoms with Crippen molar-refractivity contribution in [1.29, 1.82) is 0 Å². The van der Waals surface area contributed by atoms with Crippen LogP contribution in [0.2, 0.25) is 10.0 Å². The third-order valence-electron chi connectivity index (χ3n) is 2.78. The SMILES string of the molecule is O=C(Cc1ccc(Cl)cc1Cl)c1cc2sccc2s1. The molecular formula is C14H8Cl2OS2. The highest BCUT2D eigenvalue weighted by atomic mass is 35.5. The number of hydrogen-bond donors (Lipinski definition) is 0. The number of halogens is 2. The first kappa shape index (κ1) is 13.1. The maximum Gasteiger partial charge on any atom is 0.177 e. The first-order valence-corrected chi connectivity index (χ1v) is 8.03. The Morgan fingerprint density at radius 2 is 1.95 bits per heavy atom. The molecule has 0 unspecified atom stereocenters. The van der Waals surface area contributed by atoms with E-state index in [1.54, 1.807) is 29.5 Å². The van der Waals surface area contributed by atoms with Gasteiger partial charge in [0.1, 0.15) is 0 Å². The molecule has 1 nitrogen and oxygen atoms in total. The van der Waals surface area contributed by atoms with E-state index in [2.05, 4.69) is 0 Å². The first-order chi connectivity index (χ1) is 9.13. The van der Waals surface area contributed by atoms with Crippen LogP contribution in [0.25, 0.3) is 9.40 Å². The number of thiophene rings is 2. The number of carbonyl (C=O) groups excluding carboxylic acids is 1. The summed E-state index contributed by atoms with van der Waals surface area (Å²) in [5.41, 5.74) is 0.813.